The summed E-state index contributed by atoms with van der Waals surface area (Å²) < 4.78 is 26.3. The zero-order chi connectivity index (χ0) is 26.0. The molecule has 0 saturated carbocycles. The van der Waals surface area contributed by atoms with Gasteiger partial charge in [0.2, 0.25) is 5.91 Å². The molecule has 0 spiro atoms. The van der Waals surface area contributed by atoms with Crippen LogP contribution in [0.1, 0.15) is 16.7 Å². The van der Waals surface area contributed by atoms with E-state index in [1.807, 2.05) is 31.1 Å². The number of fused-ring (bicyclic) bond motifs is 1. The number of rotatable bonds is 10. The zero-order valence-electron chi connectivity index (χ0n) is 19.6. The molecule has 0 saturated heterocycles. The number of carboxylic acid groups (broad SMARTS) is 1. The highest BCUT2D eigenvalue weighted by atomic mass is 32.2. The summed E-state index contributed by atoms with van der Waals surface area (Å²) in [5, 5.41) is 10.6. The van der Waals surface area contributed by atoms with Crippen LogP contribution in [0.2, 0.25) is 0 Å². The second-order valence-electron chi connectivity index (χ2n) is 7.46. The molecule has 0 atom stereocenters. The van der Waals surface area contributed by atoms with Gasteiger partial charge in [-0.2, -0.15) is 0 Å². The molecule has 3 aromatic rings. The molecule has 1 heterocycles. The molecular weight excluding hydrogens is 477 g/mol. The zero-order valence-corrected chi connectivity index (χ0v) is 20.4. The van der Waals surface area contributed by atoms with Gasteiger partial charge in [0.1, 0.15) is 5.58 Å². The van der Waals surface area contributed by atoms with Crippen LogP contribution >= 0.6 is 12.1 Å². The fraction of sp³-hybridized carbons (Fsp3) is 0.261. The number of carbonyl (C=O) groups excluding carboxylic acids is 1. The van der Waals surface area contributed by atoms with Crippen molar-refractivity contribution < 1.29 is 23.5 Å². The fourth-order valence-electron chi connectivity index (χ4n) is 3.35. The summed E-state index contributed by atoms with van der Waals surface area (Å²) in [6.07, 6.45) is 0.0346. The van der Waals surface area contributed by atoms with E-state index in [9.17, 15) is 9.59 Å². The van der Waals surface area contributed by atoms with Gasteiger partial charge in [0.05, 0.1) is 12.2 Å². The molecule has 0 bridgehead atoms. The lowest BCUT2D eigenvalue weighted by molar-refractivity contribution is -0.123. The minimum atomic E-state index is -0.549. The number of nitrogens with two attached hydrogens (primary N) is 1. The number of hydrogen-bond donors (Lipinski definition) is 5. The molecule has 0 fully saturated rings. The van der Waals surface area contributed by atoms with Crippen LogP contribution in [0.3, 0.4) is 0 Å². The molecule has 0 unspecified atom stereocenters. The van der Waals surface area contributed by atoms with Crippen molar-refractivity contribution in [2.75, 3.05) is 37.3 Å². The van der Waals surface area contributed by atoms with Crippen LogP contribution in [0, 0.1) is 5.82 Å². The van der Waals surface area contributed by atoms with E-state index in [-0.39, 0.29) is 26.0 Å². The first-order valence-electron chi connectivity index (χ1n) is 10.4. The maximum atomic E-state index is 15.0. The van der Waals surface area contributed by atoms with Gasteiger partial charge in [0, 0.05) is 61.9 Å². The number of primary amides is 1. The maximum absolute atomic E-state index is 15.0. The summed E-state index contributed by atoms with van der Waals surface area (Å²) in [4.78, 5) is 34.4. The Morgan fingerprint density at radius 1 is 1.26 bits per heavy atom. The molecule has 10 nitrogen and oxygen atoms in total. The van der Waals surface area contributed by atoms with Gasteiger partial charge >= 0.3 is 5.63 Å². The van der Waals surface area contributed by atoms with E-state index >= 15 is 4.39 Å². The van der Waals surface area contributed by atoms with E-state index in [1.165, 1.54) is 0 Å². The molecule has 0 radical (unpaired) electrons. The number of benzene rings is 2. The first-order chi connectivity index (χ1) is 16.7. The SMILES string of the molecule is CNSNc1cccc(Cc2c(CNCC(N)=O)c3ccc(N(C)C)cc3oc2=O)c1F.O=CO. The lowest BCUT2D eigenvalue weighted by Crippen LogP contribution is -2.29. The van der Waals surface area contributed by atoms with Crippen molar-refractivity contribution in [3.05, 3.63) is 69.3 Å². The monoisotopic (exact) mass is 505 g/mol. The summed E-state index contributed by atoms with van der Waals surface area (Å²) >= 11 is 1.14. The molecule has 6 N–H and O–H groups in total. The molecule has 0 aliphatic heterocycles. The summed E-state index contributed by atoms with van der Waals surface area (Å²) in [5.74, 6) is -0.964. The normalized spacial score (nSPS) is 10.4. The van der Waals surface area contributed by atoms with Crippen LogP contribution in [0.25, 0.3) is 11.0 Å². The first-order valence-corrected chi connectivity index (χ1v) is 11.2. The second-order valence-corrected chi connectivity index (χ2v) is 8.28. The summed E-state index contributed by atoms with van der Waals surface area (Å²) in [6.45, 7) is -0.0944. The molecule has 1 aromatic heterocycles. The number of hydrogen-bond acceptors (Lipinski definition) is 9. The van der Waals surface area contributed by atoms with E-state index in [1.54, 1.807) is 31.3 Å². The lowest BCUT2D eigenvalue weighted by Gasteiger charge is -2.16. The summed E-state index contributed by atoms with van der Waals surface area (Å²) in [7, 11) is 5.49. The highest BCUT2D eigenvalue weighted by molar-refractivity contribution is 7.98. The van der Waals surface area contributed by atoms with E-state index < -0.39 is 17.3 Å². The summed E-state index contributed by atoms with van der Waals surface area (Å²) in [5.41, 5.74) is 7.60. The Morgan fingerprint density at radius 3 is 2.60 bits per heavy atom. The van der Waals surface area contributed by atoms with Gasteiger partial charge in [-0.3, -0.25) is 9.59 Å². The van der Waals surface area contributed by atoms with E-state index in [0.29, 0.717) is 33.3 Å². The Bertz CT molecular complexity index is 1230. The van der Waals surface area contributed by atoms with Gasteiger partial charge < -0.3 is 30.2 Å². The van der Waals surface area contributed by atoms with Crippen LogP contribution in [0.4, 0.5) is 15.8 Å². The maximum Gasteiger partial charge on any atom is 0.340 e. The molecule has 3 rings (SSSR count). The minimum Gasteiger partial charge on any atom is -0.483 e. The predicted octanol–water partition coefficient (Wildman–Crippen LogP) is 2.06. The topological polar surface area (TPSA) is 150 Å². The molecule has 0 aliphatic rings. The standard InChI is InChI=1S/C22H26FN5O3S.CH2O2/c1-25-32-27-18-6-4-5-13(21(18)23)9-16-17(11-26-12-20(24)29)15-8-7-14(28(2)3)10-19(15)31-22(16)30;2-1-3/h4-8,10,25-27H,9,11-12H2,1-3H3,(H2,24,29);1H,(H,2,3). The van der Waals surface area contributed by atoms with Crippen LogP contribution in [-0.4, -0.2) is 45.2 Å². The largest absolute Gasteiger partial charge is 0.483 e. The number of nitrogens with one attached hydrogen (secondary N) is 3. The quantitative estimate of drug-likeness (QED) is 0.157. The average molecular weight is 506 g/mol. The molecule has 2 aromatic carbocycles. The van der Waals surface area contributed by atoms with Crippen molar-refractivity contribution in [2.24, 2.45) is 5.73 Å². The number of nitrogens with zero attached hydrogens (tertiary/aromatic N) is 1. The smallest absolute Gasteiger partial charge is 0.340 e. The third kappa shape index (κ3) is 7.44. The molecule has 1 amide bonds. The van der Waals surface area contributed by atoms with Gasteiger partial charge in [-0.05, 0) is 36.4 Å². The fourth-order valence-corrected chi connectivity index (χ4v) is 3.72. The molecule has 12 heteroatoms. The Labute approximate surface area is 205 Å². The van der Waals surface area contributed by atoms with Crippen molar-refractivity contribution in [1.29, 1.82) is 0 Å². The van der Waals surface area contributed by atoms with Gasteiger partial charge in [0.15, 0.2) is 5.82 Å². The molecule has 0 aliphatic carbocycles. The Kier molecular flexibility index (Phi) is 10.5. The van der Waals surface area contributed by atoms with Gasteiger partial charge in [-0.25, -0.2) is 13.9 Å². The third-order valence-corrected chi connectivity index (χ3v) is 5.46. The van der Waals surface area contributed by atoms with Gasteiger partial charge in [-0.1, -0.05) is 12.1 Å². The highest BCUT2D eigenvalue weighted by Gasteiger charge is 2.18. The second kappa shape index (κ2) is 13.3. The van der Waals surface area contributed by atoms with E-state index in [4.69, 9.17) is 20.1 Å². The van der Waals surface area contributed by atoms with Crippen LogP contribution < -0.4 is 31.0 Å². The number of carbonyl (C=O) groups is 2. The number of amides is 1. The van der Waals surface area contributed by atoms with E-state index in [0.717, 1.165) is 17.8 Å². The van der Waals surface area contributed by atoms with Crippen molar-refractivity contribution in [1.82, 2.24) is 10.0 Å². The number of anilines is 2. The Hall–Kier alpha value is -3.61. The average Bonchev–Trinajstić information content (AvgIpc) is 2.81. The first kappa shape index (κ1) is 27.6. The Morgan fingerprint density at radius 2 is 1.97 bits per heavy atom. The summed E-state index contributed by atoms with van der Waals surface area (Å²) in [6, 6.07) is 10.5. The predicted molar refractivity (Wildman–Crippen MR) is 136 cm³/mol. The van der Waals surface area contributed by atoms with Crippen molar-refractivity contribution >= 4 is 46.9 Å². The molecular formula is C23H28FN5O5S. The highest BCUT2D eigenvalue weighted by Crippen LogP contribution is 2.28. The Balaban J connectivity index is 0.00000137. The van der Waals surface area contributed by atoms with E-state index in [2.05, 4.69) is 14.8 Å². The van der Waals surface area contributed by atoms with Crippen molar-refractivity contribution in [2.45, 2.75) is 13.0 Å². The lowest BCUT2D eigenvalue weighted by atomic mass is 9.97. The van der Waals surface area contributed by atoms with Gasteiger partial charge in [-0.15, -0.1) is 0 Å². The van der Waals surface area contributed by atoms with Crippen LogP contribution in [-0.2, 0) is 22.6 Å². The van der Waals surface area contributed by atoms with Gasteiger partial charge in [0.25, 0.3) is 6.47 Å². The minimum absolute atomic E-state index is 0.0346. The van der Waals surface area contributed by atoms with Crippen molar-refractivity contribution in [3.8, 4) is 0 Å². The van der Waals surface area contributed by atoms with Crippen LogP contribution in [0.15, 0.2) is 45.6 Å². The number of halogens is 1. The molecule has 35 heavy (non-hydrogen) atoms. The molecule has 188 valence electrons. The van der Waals surface area contributed by atoms with Crippen molar-refractivity contribution in [3.63, 3.8) is 0 Å². The third-order valence-electron chi connectivity index (χ3n) is 4.93. The van der Waals surface area contributed by atoms with Crippen LogP contribution in [0.5, 0.6) is 0 Å².